The van der Waals surface area contributed by atoms with E-state index in [9.17, 15) is 4.79 Å². The van der Waals surface area contributed by atoms with E-state index in [2.05, 4.69) is 10.2 Å². The number of amides is 1. The number of nitrogens with one attached hydrogen (secondary N) is 1. The highest BCUT2D eigenvalue weighted by atomic mass is 16.5. The first kappa shape index (κ1) is 19.8. The summed E-state index contributed by atoms with van der Waals surface area (Å²) in [6.45, 7) is 8.09. The lowest BCUT2D eigenvalue weighted by atomic mass is 9.88. The van der Waals surface area contributed by atoms with Crippen molar-refractivity contribution in [1.29, 1.82) is 0 Å². The van der Waals surface area contributed by atoms with Crippen LogP contribution in [0.25, 0.3) is 0 Å². The highest BCUT2D eigenvalue weighted by molar-refractivity contribution is 5.95. The highest BCUT2D eigenvalue weighted by Gasteiger charge is 2.24. The van der Waals surface area contributed by atoms with Gasteiger partial charge in [0.25, 0.3) is 0 Å². The van der Waals surface area contributed by atoms with Gasteiger partial charge in [0.1, 0.15) is 11.5 Å². The third-order valence-corrected chi connectivity index (χ3v) is 5.25. The standard InChI is InChI=1S/C21H32N2O4/c1-3-26-19-15-18(23-10-12-25-13-11-23)20(27-4-2)14-17(19)22-21(24)16-8-6-5-7-9-16/h14-16H,3-13H2,1-2H3,(H,22,24). The molecule has 1 saturated heterocycles. The number of rotatable bonds is 7. The van der Waals surface area contributed by atoms with Crippen LogP contribution >= 0.6 is 0 Å². The molecule has 0 radical (unpaired) electrons. The van der Waals surface area contributed by atoms with Crippen LogP contribution in [0.3, 0.4) is 0 Å². The van der Waals surface area contributed by atoms with Crippen molar-refractivity contribution in [3.63, 3.8) is 0 Å². The van der Waals surface area contributed by atoms with Crippen molar-refractivity contribution in [1.82, 2.24) is 0 Å². The summed E-state index contributed by atoms with van der Waals surface area (Å²) >= 11 is 0. The molecule has 6 heteroatoms. The molecule has 0 bridgehead atoms. The Kier molecular flexibility index (Phi) is 7.21. The van der Waals surface area contributed by atoms with Crippen molar-refractivity contribution < 1.29 is 19.0 Å². The molecule has 2 fully saturated rings. The minimum atomic E-state index is 0.0947. The first-order valence-electron chi connectivity index (χ1n) is 10.3. The van der Waals surface area contributed by atoms with Crippen LogP contribution in [0.15, 0.2) is 12.1 Å². The molecular weight excluding hydrogens is 344 g/mol. The molecule has 3 rings (SSSR count). The highest BCUT2D eigenvalue weighted by Crippen LogP contribution is 2.40. The van der Waals surface area contributed by atoms with Crippen molar-refractivity contribution in [2.75, 3.05) is 49.7 Å². The zero-order valence-electron chi connectivity index (χ0n) is 16.6. The van der Waals surface area contributed by atoms with E-state index in [0.29, 0.717) is 37.9 Å². The van der Waals surface area contributed by atoms with Gasteiger partial charge in [-0.15, -0.1) is 0 Å². The van der Waals surface area contributed by atoms with Gasteiger partial charge in [-0.1, -0.05) is 19.3 Å². The van der Waals surface area contributed by atoms with Crippen LogP contribution < -0.4 is 19.7 Å². The Morgan fingerprint density at radius 1 is 1.07 bits per heavy atom. The van der Waals surface area contributed by atoms with Crippen molar-refractivity contribution in [3.05, 3.63) is 12.1 Å². The van der Waals surface area contributed by atoms with Gasteiger partial charge < -0.3 is 24.4 Å². The minimum absolute atomic E-state index is 0.0947. The molecule has 1 N–H and O–H groups in total. The summed E-state index contributed by atoms with van der Waals surface area (Å²) in [4.78, 5) is 15.0. The van der Waals surface area contributed by atoms with Crippen LogP contribution in [0.1, 0.15) is 46.0 Å². The maximum absolute atomic E-state index is 12.7. The quantitative estimate of drug-likeness (QED) is 0.783. The Morgan fingerprint density at radius 3 is 2.41 bits per heavy atom. The molecule has 0 atom stereocenters. The van der Waals surface area contributed by atoms with E-state index in [0.717, 1.165) is 50.2 Å². The van der Waals surface area contributed by atoms with Gasteiger partial charge in [0.2, 0.25) is 5.91 Å². The molecule has 1 aliphatic heterocycles. The lowest BCUT2D eigenvalue weighted by Gasteiger charge is -2.31. The monoisotopic (exact) mass is 376 g/mol. The molecule has 1 aromatic rings. The molecule has 1 saturated carbocycles. The summed E-state index contributed by atoms with van der Waals surface area (Å²) in [5.41, 5.74) is 1.70. The zero-order valence-corrected chi connectivity index (χ0v) is 16.6. The Bertz CT molecular complexity index is 623. The fourth-order valence-electron chi connectivity index (χ4n) is 3.84. The van der Waals surface area contributed by atoms with E-state index in [4.69, 9.17) is 14.2 Å². The number of hydrogen-bond acceptors (Lipinski definition) is 5. The first-order valence-corrected chi connectivity index (χ1v) is 10.3. The predicted octanol–water partition coefficient (Wildman–Crippen LogP) is 3.84. The molecule has 0 unspecified atom stereocenters. The fourth-order valence-corrected chi connectivity index (χ4v) is 3.84. The van der Waals surface area contributed by atoms with Gasteiger partial charge >= 0.3 is 0 Å². The van der Waals surface area contributed by atoms with Crippen molar-refractivity contribution in [2.45, 2.75) is 46.0 Å². The van der Waals surface area contributed by atoms with Gasteiger partial charge in [0, 0.05) is 31.1 Å². The molecule has 2 aliphatic rings. The molecule has 1 heterocycles. The summed E-state index contributed by atoms with van der Waals surface area (Å²) in [6, 6.07) is 3.91. The third kappa shape index (κ3) is 5.06. The summed E-state index contributed by atoms with van der Waals surface area (Å²) in [5, 5.41) is 3.11. The van der Waals surface area contributed by atoms with Crippen LogP contribution in [0.4, 0.5) is 11.4 Å². The van der Waals surface area contributed by atoms with E-state index in [1.54, 1.807) is 0 Å². The average molecular weight is 376 g/mol. The predicted molar refractivity (Wildman–Crippen MR) is 107 cm³/mol. The molecule has 6 nitrogen and oxygen atoms in total. The Balaban J connectivity index is 1.86. The number of hydrogen-bond donors (Lipinski definition) is 1. The summed E-state index contributed by atoms with van der Waals surface area (Å²) < 4.78 is 17.2. The smallest absolute Gasteiger partial charge is 0.227 e. The van der Waals surface area contributed by atoms with E-state index in [1.807, 2.05) is 26.0 Å². The Hall–Kier alpha value is -1.95. The van der Waals surface area contributed by atoms with Crippen LogP contribution in [-0.4, -0.2) is 45.4 Å². The van der Waals surface area contributed by atoms with Crippen LogP contribution in [0.5, 0.6) is 11.5 Å². The van der Waals surface area contributed by atoms with Gasteiger partial charge in [0.05, 0.1) is 37.8 Å². The second-order valence-corrected chi connectivity index (χ2v) is 7.11. The summed E-state index contributed by atoms with van der Waals surface area (Å²) in [5.74, 6) is 1.67. The molecule has 27 heavy (non-hydrogen) atoms. The van der Waals surface area contributed by atoms with Gasteiger partial charge in [-0.25, -0.2) is 0 Å². The lowest BCUT2D eigenvalue weighted by Crippen LogP contribution is -2.36. The molecular formula is C21H32N2O4. The van der Waals surface area contributed by atoms with Crippen LogP contribution in [0.2, 0.25) is 0 Å². The number of carbonyl (C=O) groups excluding carboxylic acids is 1. The van der Waals surface area contributed by atoms with Crippen molar-refractivity contribution >= 4 is 17.3 Å². The second-order valence-electron chi connectivity index (χ2n) is 7.11. The number of nitrogens with zero attached hydrogens (tertiary/aromatic N) is 1. The molecule has 1 aromatic carbocycles. The lowest BCUT2D eigenvalue weighted by molar-refractivity contribution is -0.120. The average Bonchev–Trinajstić information content (AvgIpc) is 2.71. The van der Waals surface area contributed by atoms with Crippen LogP contribution in [0, 0.1) is 5.92 Å². The normalized spacial score (nSPS) is 18.2. The number of morpholine rings is 1. The number of ether oxygens (including phenoxy) is 3. The minimum Gasteiger partial charge on any atom is -0.492 e. The number of anilines is 2. The van der Waals surface area contributed by atoms with Crippen LogP contribution in [-0.2, 0) is 9.53 Å². The maximum atomic E-state index is 12.7. The fraction of sp³-hybridized carbons (Fsp3) is 0.667. The number of carbonyl (C=O) groups is 1. The number of benzene rings is 1. The van der Waals surface area contributed by atoms with Gasteiger partial charge in [0.15, 0.2) is 0 Å². The largest absolute Gasteiger partial charge is 0.492 e. The van der Waals surface area contributed by atoms with E-state index in [-0.39, 0.29) is 11.8 Å². The molecule has 0 aromatic heterocycles. The first-order chi connectivity index (χ1) is 13.2. The van der Waals surface area contributed by atoms with Crippen molar-refractivity contribution in [2.24, 2.45) is 5.92 Å². The SMILES string of the molecule is CCOc1cc(N2CCOCC2)c(OCC)cc1NC(=O)C1CCCCC1. The Labute approximate surface area is 162 Å². The Morgan fingerprint density at radius 2 is 1.74 bits per heavy atom. The van der Waals surface area contributed by atoms with E-state index >= 15 is 0 Å². The molecule has 0 spiro atoms. The summed E-state index contributed by atoms with van der Waals surface area (Å²) in [7, 11) is 0. The third-order valence-electron chi connectivity index (χ3n) is 5.25. The van der Waals surface area contributed by atoms with E-state index < -0.39 is 0 Å². The van der Waals surface area contributed by atoms with Gasteiger partial charge in [-0.2, -0.15) is 0 Å². The zero-order chi connectivity index (χ0) is 19.1. The van der Waals surface area contributed by atoms with Gasteiger partial charge in [-0.3, -0.25) is 4.79 Å². The molecule has 1 aliphatic carbocycles. The summed E-state index contributed by atoms with van der Waals surface area (Å²) in [6.07, 6.45) is 5.45. The second kappa shape index (κ2) is 9.83. The molecule has 150 valence electrons. The van der Waals surface area contributed by atoms with Gasteiger partial charge in [-0.05, 0) is 26.7 Å². The van der Waals surface area contributed by atoms with Crippen molar-refractivity contribution in [3.8, 4) is 11.5 Å². The van der Waals surface area contributed by atoms with E-state index in [1.165, 1.54) is 6.42 Å². The topological polar surface area (TPSA) is 60.0 Å². The maximum Gasteiger partial charge on any atom is 0.227 e. The molecule has 1 amide bonds.